The topological polar surface area (TPSA) is 52.7 Å². The number of amides is 2. The Morgan fingerprint density at radius 1 is 1.28 bits per heavy atom. The lowest BCUT2D eigenvalue weighted by atomic mass is 9.96. The van der Waals surface area contributed by atoms with Gasteiger partial charge in [0.05, 0.1) is 5.92 Å². The smallest absolute Gasteiger partial charge is 0.225 e. The Bertz CT molecular complexity index is 588. The molecule has 0 radical (unpaired) electrons. The summed E-state index contributed by atoms with van der Waals surface area (Å²) in [4.78, 5) is 28.4. The highest BCUT2D eigenvalue weighted by molar-refractivity contribution is 5.81. The number of hydrogen-bond donors (Lipinski definition) is 1. The molecule has 1 aliphatic rings. The fraction of sp³-hybridized carbons (Fsp3) is 0.600. The number of carbonyl (C=O) groups excluding carboxylic acids is 2. The van der Waals surface area contributed by atoms with Gasteiger partial charge in [0.1, 0.15) is 0 Å². The lowest BCUT2D eigenvalue weighted by Gasteiger charge is -2.32. The van der Waals surface area contributed by atoms with Crippen molar-refractivity contribution >= 4 is 11.8 Å². The Labute approximate surface area is 151 Å². The summed E-state index contributed by atoms with van der Waals surface area (Å²) in [6, 6.07) is 8.36. The van der Waals surface area contributed by atoms with Crippen LogP contribution in [0.1, 0.15) is 44.2 Å². The summed E-state index contributed by atoms with van der Waals surface area (Å²) in [6.07, 6.45) is 2.27. The van der Waals surface area contributed by atoms with Crippen LogP contribution in [0.2, 0.25) is 0 Å². The quantitative estimate of drug-likeness (QED) is 0.826. The van der Waals surface area contributed by atoms with Crippen molar-refractivity contribution < 1.29 is 9.59 Å². The number of nitrogens with one attached hydrogen (secondary N) is 1. The van der Waals surface area contributed by atoms with Crippen molar-refractivity contribution in [2.24, 2.45) is 5.92 Å². The Balaban J connectivity index is 1.87. The van der Waals surface area contributed by atoms with E-state index in [1.54, 1.807) is 0 Å². The first-order chi connectivity index (χ1) is 12.0. The predicted molar refractivity (Wildman–Crippen MR) is 99.9 cm³/mol. The van der Waals surface area contributed by atoms with Crippen molar-refractivity contribution in [3.63, 3.8) is 0 Å². The number of rotatable bonds is 7. The third kappa shape index (κ3) is 5.85. The molecular formula is C20H31N3O2. The van der Waals surface area contributed by atoms with Gasteiger partial charge in [-0.1, -0.05) is 38.1 Å². The number of carbonyl (C=O) groups is 2. The zero-order valence-electron chi connectivity index (χ0n) is 15.8. The molecule has 25 heavy (non-hydrogen) atoms. The van der Waals surface area contributed by atoms with Crippen molar-refractivity contribution in [3.8, 4) is 0 Å². The maximum absolute atomic E-state index is 12.5. The van der Waals surface area contributed by atoms with Crippen LogP contribution in [-0.2, 0) is 22.7 Å². The maximum Gasteiger partial charge on any atom is 0.225 e. The molecule has 1 aliphatic heterocycles. The fourth-order valence-corrected chi connectivity index (χ4v) is 3.24. The van der Waals surface area contributed by atoms with E-state index in [4.69, 9.17) is 0 Å². The highest BCUT2D eigenvalue weighted by atomic mass is 16.2. The van der Waals surface area contributed by atoms with Gasteiger partial charge in [0.2, 0.25) is 11.8 Å². The Morgan fingerprint density at radius 3 is 2.76 bits per heavy atom. The van der Waals surface area contributed by atoms with Crippen LogP contribution in [0.3, 0.4) is 0 Å². The van der Waals surface area contributed by atoms with E-state index < -0.39 is 0 Å². The summed E-state index contributed by atoms with van der Waals surface area (Å²) < 4.78 is 0. The van der Waals surface area contributed by atoms with Crippen LogP contribution < -0.4 is 5.32 Å². The third-order valence-electron chi connectivity index (χ3n) is 4.90. The van der Waals surface area contributed by atoms with Crippen LogP contribution in [0.5, 0.6) is 0 Å². The van der Waals surface area contributed by atoms with Crippen molar-refractivity contribution in [2.45, 2.75) is 46.2 Å². The first-order valence-electron chi connectivity index (χ1n) is 9.35. The van der Waals surface area contributed by atoms with Gasteiger partial charge in [-0.15, -0.1) is 0 Å². The van der Waals surface area contributed by atoms with E-state index in [2.05, 4.69) is 36.3 Å². The largest absolute Gasteiger partial charge is 0.352 e. The molecule has 0 unspecified atom stereocenters. The van der Waals surface area contributed by atoms with E-state index in [-0.39, 0.29) is 17.7 Å². The molecule has 1 heterocycles. The van der Waals surface area contributed by atoms with Crippen molar-refractivity contribution in [3.05, 3.63) is 35.4 Å². The van der Waals surface area contributed by atoms with Crippen LogP contribution in [0, 0.1) is 5.92 Å². The molecule has 0 spiro atoms. The van der Waals surface area contributed by atoms with E-state index in [0.717, 1.165) is 38.0 Å². The predicted octanol–water partition coefficient (Wildman–Crippen LogP) is 2.40. The Kier molecular flexibility index (Phi) is 7.44. The van der Waals surface area contributed by atoms with Gasteiger partial charge in [-0.25, -0.2) is 0 Å². The van der Waals surface area contributed by atoms with Gasteiger partial charge in [-0.3, -0.25) is 9.59 Å². The summed E-state index contributed by atoms with van der Waals surface area (Å²) in [7, 11) is 2.10. The lowest BCUT2D eigenvalue weighted by molar-refractivity contribution is -0.135. The molecule has 0 bridgehead atoms. The number of piperidine rings is 1. The number of nitrogens with zero attached hydrogens (tertiary/aromatic N) is 2. The van der Waals surface area contributed by atoms with Gasteiger partial charge >= 0.3 is 0 Å². The summed E-state index contributed by atoms with van der Waals surface area (Å²) in [5.74, 6) is 0.119. The van der Waals surface area contributed by atoms with Gasteiger partial charge in [0.15, 0.2) is 0 Å². The van der Waals surface area contributed by atoms with E-state index >= 15 is 0 Å². The minimum Gasteiger partial charge on any atom is -0.352 e. The number of benzene rings is 1. The summed E-state index contributed by atoms with van der Waals surface area (Å²) in [5.41, 5.74) is 2.38. The average molecular weight is 345 g/mol. The number of hydrogen-bond acceptors (Lipinski definition) is 3. The van der Waals surface area contributed by atoms with Crippen molar-refractivity contribution in [1.82, 2.24) is 15.1 Å². The van der Waals surface area contributed by atoms with Crippen LogP contribution in [-0.4, -0.2) is 48.3 Å². The molecule has 1 aromatic rings. The van der Waals surface area contributed by atoms with Crippen LogP contribution in [0.4, 0.5) is 0 Å². The second kappa shape index (κ2) is 9.56. The van der Waals surface area contributed by atoms with Crippen LogP contribution >= 0.6 is 0 Å². The van der Waals surface area contributed by atoms with Crippen molar-refractivity contribution in [1.29, 1.82) is 0 Å². The molecule has 2 rings (SSSR count). The molecule has 0 saturated carbocycles. The zero-order valence-corrected chi connectivity index (χ0v) is 15.8. The standard InChI is InChI=1S/C20H31N3O2/c1-4-19(24)23-11-7-10-18(15-23)20(25)21-13-16-8-6-9-17(12-16)14-22(3)5-2/h6,8-9,12,18H,4-5,7,10-11,13-15H2,1-3H3,(H,21,25)/t18-/m0/s1. The van der Waals surface area contributed by atoms with Gasteiger partial charge in [0, 0.05) is 32.6 Å². The normalized spacial score (nSPS) is 17.6. The Hall–Kier alpha value is -1.88. The molecule has 138 valence electrons. The zero-order chi connectivity index (χ0) is 18.2. The van der Waals surface area contributed by atoms with Crippen LogP contribution in [0.25, 0.3) is 0 Å². The van der Waals surface area contributed by atoms with Gasteiger partial charge in [0.25, 0.3) is 0 Å². The Morgan fingerprint density at radius 2 is 2.04 bits per heavy atom. The molecule has 1 aromatic carbocycles. The molecule has 0 aliphatic carbocycles. The summed E-state index contributed by atoms with van der Waals surface area (Å²) in [6.45, 7) is 7.81. The van der Waals surface area contributed by atoms with E-state index in [9.17, 15) is 9.59 Å². The SMILES string of the molecule is CCC(=O)N1CCC[C@H](C(=O)NCc2cccc(CN(C)CC)c2)C1. The van der Waals surface area contributed by atoms with E-state index in [1.807, 2.05) is 24.0 Å². The maximum atomic E-state index is 12.5. The molecule has 1 saturated heterocycles. The van der Waals surface area contributed by atoms with Crippen molar-refractivity contribution in [2.75, 3.05) is 26.7 Å². The molecular weight excluding hydrogens is 314 g/mol. The second-order valence-electron chi connectivity index (χ2n) is 6.90. The van der Waals surface area contributed by atoms with E-state index in [1.165, 1.54) is 5.56 Å². The van der Waals surface area contributed by atoms with Crippen LogP contribution in [0.15, 0.2) is 24.3 Å². The highest BCUT2D eigenvalue weighted by Gasteiger charge is 2.27. The molecule has 5 heteroatoms. The average Bonchev–Trinajstić information content (AvgIpc) is 2.65. The minimum atomic E-state index is -0.0846. The first-order valence-corrected chi connectivity index (χ1v) is 9.35. The third-order valence-corrected chi connectivity index (χ3v) is 4.90. The summed E-state index contributed by atoms with van der Waals surface area (Å²) in [5, 5.41) is 3.05. The molecule has 2 amide bonds. The molecule has 0 aromatic heterocycles. The summed E-state index contributed by atoms with van der Waals surface area (Å²) >= 11 is 0. The second-order valence-corrected chi connectivity index (χ2v) is 6.90. The molecule has 1 N–H and O–H groups in total. The lowest BCUT2D eigenvalue weighted by Crippen LogP contribution is -2.45. The molecule has 1 atom stereocenters. The van der Waals surface area contributed by atoms with Gasteiger partial charge in [-0.2, -0.15) is 0 Å². The van der Waals surface area contributed by atoms with Gasteiger partial charge in [-0.05, 0) is 37.6 Å². The minimum absolute atomic E-state index is 0.0599. The number of likely N-dealkylation sites (tertiary alicyclic amines) is 1. The highest BCUT2D eigenvalue weighted by Crippen LogP contribution is 2.17. The fourth-order valence-electron chi connectivity index (χ4n) is 3.24. The van der Waals surface area contributed by atoms with Gasteiger partial charge < -0.3 is 15.1 Å². The monoisotopic (exact) mass is 345 g/mol. The molecule has 5 nitrogen and oxygen atoms in total. The molecule has 1 fully saturated rings. The van der Waals surface area contributed by atoms with E-state index in [0.29, 0.717) is 19.5 Å². The first kappa shape index (κ1) is 19.4.